The van der Waals surface area contributed by atoms with E-state index in [2.05, 4.69) is 22.1 Å². The van der Waals surface area contributed by atoms with Crippen LogP contribution in [0.4, 0.5) is 5.69 Å². The second-order valence-electron chi connectivity index (χ2n) is 10.2. The number of aromatic nitrogens is 1. The zero-order valence-electron chi connectivity index (χ0n) is 19.2. The Kier molecular flexibility index (Phi) is 4.94. The van der Waals surface area contributed by atoms with Gasteiger partial charge in [0.1, 0.15) is 0 Å². The predicted molar refractivity (Wildman–Crippen MR) is 133 cm³/mol. The minimum Gasteiger partial charge on any atom is -0.350 e. The first-order chi connectivity index (χ1) is 16.4. The van der Waals surface area contributed by atoms with Crippen molar-refractivity contribution in [3.05, 3.63) is 71.0 Å². The number of rotatable bonds is 4. The quantitative estimate of drug-likeness (QED) is 0.619. The molecule has 2 aromatic carbocycles. The van der Waals surface area contributed by atoms with E-state index in [0.717, 1.165) is 40.4 Å². The maximum Gasteiger partial charge on any atom is 0.239 e. The smallest absolute Gasteiger partial charge is 0.239 e. The fraction of sp³-hybridized carbons (Fsp3) is 0.370. The minimum absolute atomic E-state index is 0.0214. The molecular weight excluding hydrogens is 448 g/mol. The molecule has 1 N–H and O–H groups in total. The molecule has 7 heteroatoms. The van der Waals surface area contributed by atoms with E-state index in [9.17, 15) is 9.59 Å². The molecule has 3 aliphatic rings. The van der Waals surface area contributed by atoms with Gasteiger partial charge in [-0.15, -0.1) is 0 Å². The molecule has 6 rings (SSSR count). The van der Waals surface area contributed by atoms with E-state index in [1.165, 1.54) is 0 Å². The highest BCUT2D eigenvalue weighted by Gasteiger charge is 2.52. The molecule has 1 aromatic heterocycles. The molecule has 0 radical (unpaired) electrons. The van der Waals surface area contributed by atoms with Gasteiger partial charge in [0, 0.05) is 47.2 Å². The van der Waals surface area contributed by atoms with Crippen LogP contribution in [-0.4, -0.2) is 46.9 Å². The largest absolute Gasteiger partial charge is 0.350 e. The van der Waals surface area contributed by atoms with E-state index in [-0.39, 0.29) is 23.9 Å². The fourth-order valence-electron chi connectivity index (χ4n) is 5.61. The van der Waals surface area contributed by atoms with E-state index >= 15 is 0 Å². The Balaban J connectivity index is 1.36. The third kappa shape index (κ3) is 3.56. The molecule has 1 spiro atoms. The van der Waals surface area contributed by atoms with Gasteiger partial charge in [0.25, 0.3) is 0 Å². The summed E-state index contributed by atoms with van der Waals surface area (Å²) >= 11 is 6.41. The van der Waals surface area contributed by atoms with Crippen LogP contribution in [0, 0.1) is 0 Å². The van der Waals surface area contributed by atoms with Crippen LogP contribution in [0.25, 0.3) is 10.8 Å². The number of anilines is 1. The lowest BCUT2D eigenvalue weighted by molar-refractivity contribution is -0.127. The summed E-state index contributed by atoms with van der Waals surface area (Å²) in [7, 11) is 0. The summed E-state index contributed by atoms with van der Waals surface area (Å²) in [6, 6.07) is 13.8. The lowest BCUT2D eigenvalue weighted by Crippen LogP contribution is -2.53. The molecule has 3 heterocycles. The van der Waals surface area contributed by atoms with Crippen LogP contribution in [-0.2, 0) is 21.5 Å². The first-order valence-corrected chi connectivity index (χ1v) is 12.2. The van der Waals surface area contributed by atoms with E-state index in [1.807, 2.05) is 53.6 Å². The van der Waals surface area contributed by atoms with E-state index in [1.54, 1.807) is 6.20 Å². The average Bonchev–Trinajstić information content (AvgIpc) is 3.46. The number of halogens is 1. The second-order valence-corrected chi connectivity index (χ2v) is 10.7. The monoisotopic (exact) mass is 474 g/mol. The third-order valence-corrected chi connectivity index (χ3v) is 7.87. The van der Waals surface area contributed by atoms with Crippen molar-refractivity contribution < 1.29 is 9.59 Å². The summed E-state index contributed by atoms with van der Waals surface area (Å²) in [4.78, 5) is 35.4. The third-order valence-electron chi connectivity index (χ3n) is 7.64. The number of benzene rings is 2. The van der Waals surface area contributed by atoms with Crippen LogP contribution in [0.15, 0.2) is 54.9 Å². The number of amides is 2. The molecule has 2 amide bonds. The number of carbonyl (C=O) groups is 2. The Morgan fingerprint density at radius 3 is 2.79 bits per heavy atom. The molecule has 1 aliphatic carbocycles. The van der Waals surface area contributed by atoms with E-state index in [0.29, 0.717) is 31.1 Å². The number of fused-ring (bicyclic) bond motifs is 3. The highest BCUT2D eigenvalue weighted by molar-refractivity contribution is 6.30. The van der Waals surface area contributed by atoms with Crippen molar-refractivity contribution in [1.29, 1.82) is 0 Å². The lowest BCUT2D eigenvalue weighted by atomic mass is 9.73. The Hall–Kier alpha value is -2.96. The van der Waals surface area contributed by atoms with Gasteiger partial charge in [-0.1, -0.05) is 41.9 Å². The molecule has 2 fully saturated rings. The zero-order valence-corrected chi connectivity index (χ0v) is 19.9. The van der Waals surface area contributed by atoms with Gasteiger partial charge < -0.3 is 10.2 Å². The van der Waals surface area contributed by atoms with Crippen molar-refractivity contribution in [2.45, 2.75) is 43.7 Å². The van der Waals surface area contributed by atoms with Crippen molar-refractivity contribution in [3.63, 3.8) is 0 Å². The minimum atomic E-state index is -0.737. The number of pyridine rings is 1. The Morgan fingerprint density at radius 2 is 1.97 bits per heavy atom. The number of nitrogens with one attached hydrogen (secondary N) is 1. The van der Waals surface area contributed by atoms with Crippen molar-refractivity contribution in [1.82, 2.24) is 15.2 Å². The first-order valence-electron chi connectivity index (χ1n) is 11.8. The summed E-state index contributed by atoms with van der Waals surface area (Å²) in [5, 5.41) is 5.80. The summed E-state index contributed by atoms with van der Waals surface area (Å²) in [6.07, 6.45) is 6.32. The predicted octanol–water partition coefficient (Wildman–Crippen LogP) is 4.05. The summed E-state index contributed by atoms with van der Waals surface area (Å²) in [6.45, 7) is 4.08. The molecule has 1 saturated heterocycles. The summed E-state index contributed by atoms with van der Waals surface area (Å²) in [5.41, 5.74) is 2.09. The van der Waals surface area contributed by atoms with Crippen molar-refractivity contribution in [3.8, 4) is 0 Å². The van der Waals surface area contributed by atoms with Gasteiger partial charge in [-0.3, -0.25) is 19.5 Å². The van der Waals surface area contributed by atoms with Crippen molar-refractivity contribution in [2.75, 3.05) is 24.5 Å². The number of hydrogen-bond donors (Lipinski definition) is 1. The van der Waals surface area contributed by atoms with E-state index in [4.69, 9.17) is 11.6 Å². The van der Waals surface area contributed by atoms with Crippen LogP contribution in [0.5, 0.6) is 0 Å². The number of hydrogen-bond acceptors (Lipinski definition) is 4. The van der Waals surface area contributed by atoms with Gasteiger partial charge in [0.2, 0.25) is 11.8 Å². The SMILES string of the molecule is CC1(NC(=O)CN2Cc3ccc(Cl)cc3C3(CCN(c4cncc5ccccc45)C3=O)C2)CC1. The molecule has 1 atom stereocenters. The summed E-state index contributed by atoms with van der Waals surface area (Å²) < 4.78 is 0. The Labute approximate surface area is 203 Å². The van der Waals surface area contributed by atoms with Crippen LogP contribution >= 0.6 is 11.6 Å². The highest BCUT2D eigenvalue weighted by atomic mass is 35.5. The molecule has 1 saturated carbocycles. The standard InChI is InChI=1S/C27H27ClN4O2/c1-26(8-9-26)30-24(33)16-31-15-19-6-7-20(28)12-22(19)27(17-31)10-11-32(25(27)34)23-14-29-13-18-4-2-3-5-21(18)23/h2-7,12-14H,8-11,15-17H2,1H3,(H,30,33). The van der Waals surface area contributed by atoms with Gasteiger partial charge in [-0.25, -0.2) is 0 Å². The van der Waals surface area contributed by atoms with Crippen LogP contribution in [0.1, 0.15) is 37.3 Å². The Morgan fingerprint density at radius 1 is 1.15 bits per heavy atom. The average molecular weight is 475 g/mol. The molecule has 2 aliphatic heterocycles. The van der Waals surface area contributed by atoms with Gasteiger partial charge in [-0.2, -0.15) is 0 Å². The van der Waals surface area contributed by atoms with Crippen LogP contribution in [0.3, 0.4) is 0 Å². The summed E-state index contributed by atoms with van der Waals surface area (Å²) in [5.74, 6) is 0.0709. The molecule has 174 valence electrons. The molecule has 1 unspecified atom stereocenters. The maximum absolute atomic E-state index is 14.2. The Bertz CT molecular complexity index is 1320. The maximum atomic E-state index is 14.2. The second kappa shape index (κ2) is 7.79. The highest BCUT2D eigenvalue weighted by Crippen LogP contribution is 2.45. The van der Waals surface area contributed by atoms with Gasteiger partial charge >= 0.3 is 0 Å². The first kappa shape index (κ1) is 21.6. The van der Waals surface area contributed by atoms with Crippen molar-refractivity contribution >= 4 is 39.9 Å². The molecule has 34 heavy (non-hydrogen) atoms. The number of nitrogens with zero attached hydrogens (tertiary/aromatic N) is 3. The van der Waals surface area contributed by atoms with Gasteiger partial charge in [0.15, 0.2) is 0 Å². The van der Waals surface area contributed by atoms with Crippen LogP contribution in [0.2, 0.25) is 5.02 Å². The van der Waals surface area contributed by atoms with Crippen LogP contribution < -0.4 is 10.2 Å². The topological polar surface area (TPSA) is 65.5 Å². The fourth-order valence-corrected chi connectivity index (χ4v) is 5.78. The number of carbonyl (C=O) groups excluding carboxylic acids is 2. The van der Waals surface area contributed by atoms with Crippen molar-refractivity contribution in [2.24, 2.45) is 0 Å². The molecule has 0 bridgehead atoms. The van der Waals surface area contributed by atoms with Gasteiger partial charge in [0.05, 0.1) is 23.8 Å². The molecular formula is C27H27ClN4O2. The molecule has 3 aromatic rings. The zero-order chi connectivity index (χ0) is 23.5. The normalized spacial score (nSPS) is 23.4. The van der Waals surface area contributed by atoms with E-state index < -0.39 is 5.41 Å². The molecule has 6 nitrogen and oxygen atoms in total. The van der Waals surface area contributed by atoms with Gasteiger partial charge in [-0.05, 0) is 49.4 Å². The lowest BCUT2D eigenvalue weighted by Gasteiger charge is -2.40.